The molecule has 5 nitrogen and oxygen atoms in total. The van der Waals surface area contributed by atoms with Crippen LogP contribution in [0.3, 0.4) is 0 Å². The van der Waals surface area contributed by atoms with Gasteiger partial charge in [-0.25, -0.2) is 4.98 Å². The average molecular weight is 320 g/mol. The fourth-order valence-corrected chi connectivity index (χ4v) is 3.11. The standard InChI is InChI=1S/C19H20N4O/c1-22(19(24)16-6-4-5-15(13-16)14-20)17-8-11-23(12-9-17)18-7-2-3-10-21-18/h2-7,10,13,17H,8-9,11-12H2,1H3. The van der Waals surface area contributed by atoms with Gasteiger partial charge in [0, 0.05) is 37.9 Å². The molecule has 1 aromatic heterocycles. The lowest BCUT2D eigenvalue weighted by atomic mass is 10.0. The van der Waals surface area contributed by atoms with Crippen molar-refractivity contribution in [2.45, 2.75) is 18.9 Å². The fourth-order valence-electron chi connectivity index (χ4n) is 3.11. The van der Waals surface area contributed by atoms with Gasteiger partial charge in [0.2, 0.25) is 0 Å². The van der Waals surface area contributed by atoms with Crippen molar-refractivity contribution < 1.29 is 4.79 Å². The second-order valence-electron chi connectivity index (χ2n) is 6.01. The van der Waals surface area contributed by atoms with Gasteiger partial charge in [-0.3, -0.25) is 4.79 Å². The van der Waals surface area contributed by atoms with Crippen molar-refractivity contribution in [3.63, 3.8) is 0 Å². The summed E-state index contributed by atoms with van der Waals surface area (Å²) in [6.07, 6.45) is 3.63. The third kappa shape index (κ3) is 3.38. The molecule has 0 radical (unpaired) electrons. The predicted octanol–water partition coefficient (Wildman–Crippen LogP) is 2.69. The number of nitriles is 1. The Morgan fingerprint density at radius 2 is 2.04 bits per heavy atom. The summed E-state index contributed by atoms with van der Waals surface area (Å²) in [5, 5.41) is 8.98. The third-order valence-corrected chi connectivity index (χ3v) is 4.54. The maximum absolute atomic E-state index is 12.7. The molecule has 1 amide bonds. The zero-order valence-corrected chi connectivity index (χ0v) is 13.7. The van der Waals surface area contributed by atoms with Gasteiger partial charge >= 0.3 is 0 Å². The monoisotopic (exact) mass is 320 g/mol. The highest BCUT2D eigenvalue weighted by Gasteiger charge is 2.26. The molecule has 2 heterocycles. The molecule has 0 saturated carbocycles. The number of amides is 1. The molecule has 1 aliphatic heterocycles. The van der Waals surface area contributed by atoms with Gasteiger partial charge < -0.3 is 9.80 Å². The van der Waals surface area contributed by atoms with Gasteiger partial charge in [-0.2, -0.15) is 5.26 Å². The van der Waals surface area contributed by atoms with Crippen LogP contribution in [0.5, 0.6) is 0 Å². The zero-order valence-electron chi connectivity index (χ0n) is 13.7. The summed E-state index contributed by atoms with van der Waals surface area (Å²) in [4.78, 5) is 21.1. The van der Waals surface area contributed by atoms with Crippen LogP contribution in [0, 0.1) is 11.3 Å². The Kier molecular flexibility index (Phi) is 4.76. The van der Waals surface area contributed by atoms with Crippen molar-refractivity contribution in [1.82, 2.24) is 9.88 Å². The first-order chi connectivity index (χ1) is 11.7. The predicted molar refractivity (Wildman–Crippen MR) is 92.7 cm³/mol. The number of anilines is 1. The number of pyridine rings is 1. The van der Waals surface area contributed by atoms with Gasteiger partial charge in [0.15, 0.2) is 0 Å². The number of rotatable bonds is 3. The highest BCUT2D eigenvalue weighted by atomic mass is 16.2. The van der Waals surface area contributed by atoms with Crippen LogP contribution >= 0.6 is 0 Å². The van der Waals surface area contributed by atoms with Crippen LogP contribution in [0.15, 0.2) is 48.7 Å². The SMILES string of the molecule is CN(C(=O)c1cccc(C#N)c1)C1CCN(c2ccccn2)CC1. The molecular weight excluding hydrogens is 300 g/mol. The molecule has 1 aliphatic rings. The molecule has 0 N–H and O–H groups in total. The first-order valence-electron chi connectivity index (χ1n) is 8.12. The molecule has 1 saturated heterocycles. The van der Waals surface area contributed by atoms with E-state index in [-0.39, 0.29) is 11.9 Å². The Morgan fingerprint density at radius 3 is 2.71 bits per heavy atom. The van der Waals surface area contributed by atoms with E-state index in [4.69, 9.17) is 5.26 Å². The van der Waals surface area contributed by atoms with Gasteiger partial charge in [0.25, 0.3) is 5.91 Å². The fraction of sp³-hybridized carbons (Fsp3) is 0.316. The molecule has 1 aromatic carbocycles. The third-order valence-electron chi connectivity index (χ3n) is 4.54. The topological polar surface area (TPSA) is 60.2 Å². The minimum atomic E-state index is -0.0246. The highest BCUT2D eigenvalue weighted by molar-refractivity contribution is 5.94. The Morgan fingerprint density at radius 1 is 1.25 bits per heavy atom. The van der Waals surface area contributed by atoms with Gasteiger partial charge in [0.1, 0.15) is 5.82 Å². The lowest BCUT2D eigenvalue weighted by Crippen LogP contribution is -2.45. The minimum absolute atomic E-state index is 0.0246. The summed E-state index contributed by atoms with van der Waals surface area (Å²) in [5.74, 6) is 0.968. The van der Waals surface area contributed by atoms with Crippen molar-refractivity contribution >= 4 is 11.7 Å². The number of piperidine rings is 1. The number of benzene rings is 1. The molecule has 1 fully saturated rings. The number of hydrogen-bond donors (Lipinski definition) is 0. The summed E-state index contributed by atoms with van der Waals surface area (Å²) in [7, 11) is 1.85. The van der Waals surface area contributed by atoms with Crippen LogP contribution in [0.1, 0.15) is 28.8 Å². The second-order valence-corrected chi connectivity index (χ2v) is 6.01. The Balaban J connectivity index is 1.63. The van der Waals surface area contributed by atoms with E-state index >= 15 is 0 Å². The summed E-state index contributed by atoms with van der Waals surface area (Å²) in [6, 6.07) is 15.1. The van der Waals surface area contributed by atoms with Gasteiger partial charge in [-0.05, 0) is 43.2 Å². The molecular formula is C19H20N4O. The first-order valence-corrected chi connectivity index (χ1v) is 8.12. The van der Waals surface area contributed by atoms with Crippen LogP contribution in [-0.2, 0) is 0 Å². The molecule has 2 aromatic rings. The van der Waals surface area contributed by atoms with Crippen molar-refractivity contribution in [3.8, 4) is 6.07 Å². The van der Waals surface area contributed by atoms with Crippen LogP contribution in [0.2, 0.25) is 0 Å². The maximum Gasteiger partial charge on any atom is 0.253 e. The Labute approximate surface area is 142 Å². The van der Waals surface area contributed by atoms with E-state index in [1.807, 2.05) is 30.1 Å². The van der Waals surface area contributed by atoms with Crippen molar-refractivity contribution in [3.05, 3.63) is 59.8 Å². The lowest BCUT2D eigenvalue weighted by molar-refractivity contribution is 0.0709. The van der Waals surface area contributed by atoms with E-state index in [9.17, 15) is 4.79 Å². The van der Waals surface area contributed by atoms with Gasteiger partial charge in [0.05, 0.1) is 11.6 Å². The molecule has 3 rings (SSSR count). The lowest BCUT2D eigenvalue weighted by Gasteiger charge is -2.37. The molecule has 0 aliphatic carbocycles. The molecule has 5 heteroatoms. The quantitative estimate of drug-likeness (QED) is 0.872. The van der Waals surface area contributed by atoms with E-state index in [2.05, 4.69) is 16.0 Å². The number of carbonyl (C=O) groups is 1. The van der Waals surface area contributed by atoms with Gasteiger partial charge in [-0.15, -0.1) is 0 Å². The highest BCUT2D eigenvalue weighted by Crippen LogP contribution is 2.21. The average Bonchev–Trinajstić information content (AvgIpc) is 2.67. The van der Waals surface area contributed by atoms with Crippen LogP contribution in [0.25, 0.3) is 0 Å². The Hall–Kier alpha value is -2.87. The largest absolute Gasteiger partial charge is 0.356 e. The summed E-state index contributed by atoms with van der Waals surface area (Å²) >= 11 is 0. The van der Waals surface area contributed by atoms with E-state index in [0.29, 0.717) is 11.1 Å². The first kappa shape index (κ1) is 16.0. The number of hydrogen-bond acceptors (Lipinski definition) is 4. The molecule has 0 atom stereocenters. The van der Waals surface area contributed by atoms with Gasteiger partial charge in [-0.1, -0.05) is 12.1 Å². The summed E-state index contributed by atoms with van der Waals surface area (Å²) in [5.41, 5.74) is 1.09. The zero-order chi connectivity index (χ0) is 16.9. The van der Waals surface area contributed by atoms with Crippen LogP contribution < -0.4 is 4.90 Å². The van der Waals surface area contributed by atoms with Crippen molar-refractivity contribution in [2.75, 3.05) is 25.0 Å². The number of nitrogens with zero attached hydrogens (tertiary/aromatic N) is 4. The van der Waals surface area contributed by atoms with E-state index in [1.165, 1.54) is 0 Å². The summed E-state index contributed by atoms with van der Waals surface area (Å²) in [6.45, 7) is 1.77. The minimum Gasteiger partial charge on any atom is -0.356 e. The van der Waals surface area contributed by atoms with E-state index < -0.39 is 0 Å². The van der Waals surface area contributed by atoms with Crippen molar-refractivity contribution in [2.24, 2.45) is 0 Å². The van der Waals surface area contributed by atoms with Crippen molar-refractivity contribution in [1.29, 1.82) is 5.26 Å². The second kappa shape index (κ2) is 7.14. The van der Waals surface area contributed by atoms with E-state index in [1.54, 1.807) is 30.5 Å². The maximum atomic E-state index is 12.7. The molecule has 24 heavy (non-hydrogen) atoms. The number of aromatic nitrogens is 1. The van der Waals surface area contributed by atoms with Crippen LogP contribution in [0.4, 0.5) is 5.82 Å². The van der Waals surface area contributed by atoms with Crippen LogP contribution in [-0.4, -0.2) is 42.0 Å². The molecule has 0 unspecified atom stereocenters. The van der Waals surface area contributed by atoms with E-state index in [0.717, 1.165) is 31.7 Å². The molecule has 122 valence electrons. The normalized spacial score (nSPS) is 14.9. The molecule has 0 bridgehead atoms. The number of carbonyl (C=O) groups excluding carboxylic acids is 1. The summed E-state index contributed by atoms with van der Waals surface area (Å²) < 4.78 is 0. The smallest absolute Gasteiger partial charge is 0.253 e. The Bertz CT molecular complexity index is 745. The molecule has 0 spiro atoms.